The Morgan fingerprint density at radius 1 is 1.04 bits per heavy atom. The van der Waals surface area contributed by atoms with Crippen LogP contribution in [0.4, 0.5) is 0 Å². The smallest absolute Gasteiger partial charge is 0.338 e. The second-order valence-electron chi connectivity index (χ2n) is 10.3. The van der Waals surface area contributed by atoms with E-state index in [2.05, 4.69) is 0 Å². The van der Waals surface area contributed by atoms with Gasteiger partial charge in [-0.15, -0.1) is 0 Å². The fourth-order valence-electron chi connectivity index (χ4n) is 5.45. The molecule has 0 saturated heterocycles. The Labute approximate surface area is 273 Å². The number of hydrogen-bond acceptors (Lipinski definition) is 7. The number of allylic oxidation sites excluding steroid dienone is 1. The van der Waals surface area contributed by atoms with E-state index in [9.17, 15) is 9.59 Å². The van der Waals surface area contributed by atoms with Crippen LogP contribution in [0.3, 0.4) is 0 Å². The first-order valence-corrected chi connectivity index (χ1v) is 15.8. The van der Waals surface area contributed by atoms with Gasteiger partial charge in [-0.25, -0.2) is 9.79 Å². The number of hydrogen-bond donors (Lipinski definition) is 0. The Kier molecular flexibility index (Phi) is 8.81. The van der Waals surface area contributed by atoms with Gasteiger partial charge < -0.3 is 14.2 Å². The lowest BCUT2D eigenvalue weighted by Crippen LogP contribution is -2.40. The molecule has 1 aliphatic rings. The molecular weight excluding hydrogens is 631 g/mol. The number of thiazole rings is 1. The van der Waals surface area contributed by atoms with Crippen molar-refractivity contribution in [2.45, 2.75) is 26.5 Å². The maximum Gasteiger partial charge on any atom is 0.338 e. The van der Waals surface area contributed by atoms with Crippen molar-refractivity contribution < 1.29 is 19.0 Å². The van der Waals surface area contributed by atoms with Crippen molar-refractivity contribution in [3.05, 3.63) is 137 Å². The molecule has 4 aromatic carbocycles. The van der Waals surface area contributed by atoms with E-state index in [4.69, 9.17) is 42.4 Å². The summed E-state index contributed by atoms with van der Waals surface area (Å²) in [5.74, 6) is 0.635. The summed E-state index contributed by atoms with van der Waals surface area (Å²) in [6, 6.07) is 23.5. The van der Waals surface area contributed by atoms with Crippen LogP contribution in [-0.4, -0.2) is 24.3 Å². The molecule has 0 aliphatic carbocycles. The molecule has 1 aliphatic heterocycles. The summed E-state index contributed by atoms with van der Waals surface area (Å²) in [4.78, 5) is 32.9. The van der Waals surface area contributed by atoms with Crippen molar-refractivity contribution in [1.29, 1.82) is 0 Å². The molecule has 45 heavy (non-hydrogen) atoms. The topological polar surface area (TPSA) is 79.1 Å². The molecule has 0 bridgehead atoms. The van der Waals surface area contributed by atoms with Crippen molar-refractivity contribution in [3.63, 3.8) is 0 Å². The fourth-order valence-corrected chi connectivity index (χ4v) is 6.96. The van der Waals surface area contributed by atoms with Gasteiger partial charge in [-0.05, 0) is 66.6 Å². The summed E-state index contributed by atoms with van der Waals surface area (Å²) >= 11 is 13.6. The van der Waals surface area contributed by atoms with E-state index in [1.807, 2.05) is 66.7 Å². The second kappa shape index (κ2) is 12.9. The van der Waals surface area contributed by atoms with Gasteiger partial charge in [0.1, 0.15) is 24.1 Å². The number of methoxy groups -OCH3 is 1. The number of halogens is 2. The Bertz CT molecular complexity index is 2170. The molecule has 2 heterocycles. The van der Waals surface area contributed by atoms with Crippen molar-refractivity contribution in [3.8, 4) is 11.5 Å². The largest absolute Gasteiger partial charge is 0.496 e. The number of rotatable bonds is 8. The number of esters is 1. The lowest BCUT2D eigenvalue weighted by Gasteiger charge is -2.27. The highest BCUT2D eigenvalue weighted by atomic mass is 35.5. The molecule has 228 valence electrons. The monoisotopic (exact) mass is 658 g/mol. The summed E-state index contributed by atoms with van der Waals surface area (Å²) in [6.45, 7) is 3.95. The number of ether oxygens (including phenoxy) is 3. The third-order valence-corrected chi connectivity index (χ3v) is 9.08. The maximum atomic E-state index is 14.2. The first kappa shape index (κ1) is 30.6. The van der Waals surface area contributed by atoms with Gasteiger partial charge >= 0.3 is 5.97 Å². The standard InChI is InChI=1S/C35H28Cl2N2O5S/c1-4-43-34(41)30-20(2)38-35-39(32(30)31-26-11-6-5-9-22(26)13-15-28(31)42-3)33(40)29(45-35)17-21-8-7-10-25(16-21)44-19-23-12-14-24(36)18-27(23)37/h5-18,32H,4,19H2,1-3H3/b29-17+/t32-/m0/s1. The molecule has 0 fully saturated rings. The van der Waals surface area contributed by atoms with Crippen LogP contribution >= 0.6 is 34.5 Å². The third kappa shape index (κ3) is 6.01. The zero-order valence-corrected chi connectivity index (χ0v) is 27.0. The number of carbonyl (C=O) groups is 1. The zero-order valence-electron chi connectivity index (χ0n) is 24.7. The highest BCUT2D eigenvalue weighted by Crippen LogP contribution is 2.40. The summed E-state index contributed by atoms with van der Waals surface area (Å²) < 4.78 is 19.3. The Hall–Kier alpha value is -4.37. The molecule has 1 atom stereocenters. The van der Waals surface area contributed by atoms with Gasteiger partial charge in [-0.3, -0.25) is 9.36 Å². The van der Waals surface area contributed by atoms with Gasteiger partial charge in [0, 0.05) is 21.2 Å². The predicted octanol–water partition coefficient (Wildman–Crippen LogP) is 6.85. The predicted molar refractivity (Wildman–Crippen MR) is 178 cm³/mol. The van der Waals surface area contributed by atoms with E-state index >= 15 is 0 Å². The minimum absolute atomic E-state index is 0.183. The van der Waals surface area contributed by atoms with Crippen molar-refractivity contribution in [2.75, 3.05) is 13.7 Å². The quantitative estimate of drug-likeness (QED) is 0.171. The van der Waals surface area contributed by atoms with E-state index < -0.39 is 12.0 Å². The summed E-state index contributed by atoms with van der Waals surface area (Å²) in [5, 5.41) is 2.89. The number of nitrogens with zero attached hydrogens (tertiary/aromatic N) is 2. The minimum Gasteiger partial charge on any atom is -0.496 e. The summed E-state index contributed by atoms with van der Waals surface area (Å²) in [7, 11) is 1.58. The van der Waals surface area contributed by atoms with Crippen LogP contribution in [0.5, 0.6) is 11.5 Å². The first-order chi connectivity index (χ1) is 21.8. The van der Waals surface area contributed by atoms with Crippen LogP contribution in [-0.2, 0) is 16.1 Å². The number of fused-ring (bicyclic) bond motifs is 2. The number of carbonyl (C=O) groups excluding carboxylic acids is 1. The lowest BCUT2D eigenvalue weighted by molar-refractivity contribution is -0.139. The van der Waals surface area contributed by atoms with Crippen molar-refractivity contribution >= 4 is 57.4 Å². The number of benzene rings is 4. The summed E-state index contributed by atoms with van der Waals surface area (Å²) in [6.07, 6.45) is 1.80. The molecule has 0 radical (unpaired) electrons. The SMILES string of the molecule is CCOC(=O)C1=C(C)N=c2s/c(=C/c3cccc(OCc4ccc(Cl)cc4Cl)c3)c(=O)n2[C@@H]1c1c(OC)ccc2ccccc12. The molecule has 7 nitrogen and oxygen atoms in total. The molecule has 5 aromatic rings. The van der Waals surface area contributed by atoms with Gasteiger partial charge in [0.2, 0.25) is 0 Å². The highest BCUT2D eigenvalue weighted by molar-refractivity contribution is 7.07. The summed E-state index contributed by atoms with van der Waals surface area (Å²) in [5.41, 5.74) is 2.75. The third-order valence-electron chi connectivity index (χ3n) is 7.51. The van der Waals surface area contributed by atoms with Crippen molar-refractivity contribution in [1.82, 2.24) is 4.57 Å². The Morgan fingerprint density at radius 3 is 2.64 bits per heavy atom. The molecule has 1 aromatic heterocycles. The van der Waals surface area contributed by atoms with Crippen molar-refractivity contribution in [2.24, 2.45) is 4.99 Å². The molecule has 0 N–H and O–H groups in total. The minimum atomic E-state index is -0.817. The van der Waals surface area contributed by atoms with Crippen LogP contribution in [0.15, 0.2) is 99.9 Å². The van der Waals surface area contributed by atoms with Crippen LogP contribution in [0.25, 0.3) is 16.8 Å². The number of aromatic nitrogens is 1. The van der Waals surface area contributed by atoms with Gasteiger partial charge in [-0.1, -0.05) is 83.1 Å². The maximum absolute atomic E-state index is 14.2. The van der Waals surface area contributed by atoms with E-state index in [-0.39, 0.29) is 18.8 Å². The van der Waals surface area contributed by atoms with E-state index in [1.165, 1.54) is 11.3 Å². The highest BCUT2D eigenvalue weighted by Gasteiger charge is 2.36. The van der Waals surface area contributed by atoms with E-state index in [0.29, 0.717) is 47.7 Å². The molecule has 6 rings (SSSR count). The zero-order chi connectivity index (χ0) is 31.7. The van der Waals surface area contributed by atoms with Gasteiger partial charge in [0.25, 0.3) is 5.56 Å². The first-order valence-electron chi connectivity index (χ1n) is 14.2. The van der Waals surface area contributed by atoms with Crippen LogP contribution in [0.2, 0.25) is 10.0 Å². The molecule has 0 unspecified atom stereocenters. The van der Waals surface area contributed by atoms with Gasteiger partial charge in [0.05, 0.1) is 29.5 Å². The van der Waals surface area contributed by atoms with Crippen LogP contribution in [0.1, 0.15) is 36.6 Å². The average Bonchev–Trinajstić information content (AvgIpc) is 3.33. The van der Waals surface area contributed by atoms with Crippen LogP contribution < -0.4 is 24.4 Å². The molecule has 0 saturated carbocycles. The van der Waals surface area contributed by atoms with E-state index in [1.54, 1.807) is 43.7 Å². The van der Waals surface area contributed by atoms with Gasteiger partial charge in [0.15, 0.2) is 4.80 Å². The fraction of sp³-hybridized carbons (Fsp3) is 0.171. The normalized spacial score (nSPS) is 14.7. The van der Waals surface area contributed by atoms with E-state index in [0.717, 1.165) is 21.9 Å². The molecule has 10 heteroatoms. The Morgan fingerprint density at radius 2 is 1.87 bits per heavy atom. The molecule has 0 amide bonds. The molecule has 0 spiro atoms. The Balaban J connectivity index is 1.47. The van der Waals surface area contributed by atoms with Crippen LogP contribution in [0, 0.1) is 0 Å². The molecular formula is C35H28Cl2N2O5S. The second-order valence-corrected chi connectivity index (χ2v) is 12.2. The lowest BCUT2D eigenvalue weighted by atomic mass is 9.90. The van der Waals surface area contributed by atoms with Gasteiger partial charge in [-0.2, -0.15) is 0 Å². The average molecular weight is 660 g/mol.